The van der Waals surface area contributed by atoms with E-state index in [0.717, 1.165) is 55.7 Å². The van der Waals surface area contributed by atoms with Crippen molar-refractivity contribution in [3.05, 3.63) is 114 Å². The molecule has 0 radical (unpaired) electrons. The third kappa shape index (κ3) is 8.80. The van der Waals surface area contributed by atoms with Gasteiger partial charge in [-0.15, -0.1) is 0 Å². The predicted molar refractivity (Wildman–Crippen MR) is 173 cm³/mol. The van der Waals surface area contributed by atoms with E-state index < -0.39 is 0 Å². The van der Waals surface area contributed by atoms with Crippen LogP contribution in [0.3, 0.4) is 0 Å². The molecule has 0 saturated carbocycles. The average molecular weight is 594 g/mol. The predicted octanol–water partition coefficient (Wildman–Crippen LogP) is 5.71. The molecule has 0 fully saturated rings. The second-order valence-corrected chi connectivity index (χ2v) is 11.4. The zero-order valence-electron chi connectivity index (χ0n) is 25.7. The van der Waals surface area contributed by atoms with Gasteiger partial charge in [-0.2, -0.15) is 5.10 Å². The summed E-state index contributed by atoms with van der Waals surface area (Å²) in [5.74, 6) is 0.705. The van der Waals surface area contributed by atoms with Crippen LogP contribution in [0.5, 0.6) is 5.75 Å². The zero-order chi connectivity index (χ0) is 30.6. The maximum Gasteiger partial charge on any atom is 0.264 e. The summed E-state index contributed by atoms with van der Waals surface area (Å²) in [5, 5.41) is 4.28. The molecule has 1 aliphatic rings. The maximum atomic E-state index is 13.8. The molecule has 0 spiro atoms. The molecule has 1 aliphatic heterocycles. The van der Waals surface area contributed by atoms with Crippen molar-refractivity contribution in [2.75, 3.05) is 37.7 Å². The van der Waals surface area contributed by atoms with Crippen molar-refractivity contribution in [2.24, 2.45) is 0 Å². The number of aromatic nitrogens is 2. The molecule has 230 valence electrons. The van der Waals surface area contributed by atoms with Crippen LogP contribution in [0.1, 0.15) is 42.4 Å². The van der Waals surface area contributed by atoms with Crippen LogP contribution in [0.4, 0.5) is 5.69 Å². The molecule has 8 nitrogen and oxygen atoms in total. The molecule has 2 amide bonds. The molecule has 8 heteroatoms. The van der Waals surface area contributed by atoms with E-state index in [2.05, 4.69) is 40.3 Å². The van der Waals surface area contributed by atoms with Gasteiger partial charge in [0, 0.05) is 64.6 Å². The van der Waals surface area contributed by atoms with Crippen molar-refractivity contribution >= 4 is 17.5 Å². The molecule has 0 N–H and O–H groups in total. The van der Waals surface area contributed by atoms with E-state index in [4.69, 9.17) is 4.74 Å². The minimum Gasteiger partial charge on any atom is -0.484 e. The van der Waals surface area contributed by atoms with Gasteiger partial charge in [0.25, 0.3) is 5.91 Å². The number of hydrogen-bond acceptors (Lipinski definition) is 5. The summed E-state index contributed by atoms with van der Waals surface area (Å²) in [4.78, 5) is 33.8. The SMILES string of the molecule is Cc1cccc2c1N(C(=O)COc1ccccc1)CCCN(Cc1ccccc1)CCCN(C(=O)CCCn1cccn1)C2. The second-order valence-electron chi connectivity index (χ2n) is 11.4. The third-order valence-corrected chi connectivity index (χ3v) is 8.06. The van der Waals surface area contributed by atoms with Gasteiger partial charge in [-0.05, 0) is 61.1 Å². The Kier molecular flexibility index (Phi) is 11.2. The topological polar surface area (TPSA) is 70.9 Å². The lowest BCUT2D eigenvalue weighted by Gasteiger charge is -2.32. The Balaban J connectivity index is 1.39. The van der Waals surface area contributed by atoms with E-state index in [-0.39, 0.29) is 18.4 Å². The highest BCUT2D eigenvalue weighted by atomic mass is 16.5. The number of carbonyl (C=O) groups excluding carboxylic acids is 2. The summed E-state index contributed by atoms with van der Waals surface area (Å²) in [6.07, 6.45) is 6.56. The van der Waals surface area contributed by atoms with Gasteiger partial charge < -0.3 is 14.5 Å². The second kappa shape index (κ2) is 15.9. The monoisotopic (exact) mass is 593 g/mol. The van der Waals surface area contributed by atoms with Crippen molar-refractivity contribution in [3.8, 4) is 5.75 Å². The maximum absolute atomic E-state index is 13.8. The number of para-hydroxylation sites is 2. The number of fused-ring (bicyclic) bond motifs is 1. The number of anilines is 1. The molecule has 5 rings (SSSR count). The largest absolute Gasteiger partial charge is 0.484 e. The number of hydrogen-bond donors (Lipinski definition) is 0. The van der Waals surface area contributed by atoms with Crippen LogP contribution >= 0.6 is 0 Å². The number of aryl methyl sites for hydroxylation is 2. The van der Waals surface area contributed by atoms with E-state index in [1.54, 1.807) is 6.20 Å². The summed E-state index contributed by atoms with van der Waals surface area (Å²) in [6, 6.07) is 28.0. The molecule has 0 saturated heterocycles. The van der Waals surface area contributed by atoms with Gasteiger partial charge in [0.15, 0.2) is 6.61 Å². The molecule has 4 aromatic rings. The Hall–Kier alpha value is -4.43. The Morgan fingerprint density at radius 1 is 0.818 bits per heavy atom. The first-order chi connectivity index (χ1) is 21.6. The quantitative estimate of drug-likeness (QED) is 0.249. The fourth-order valence-corrected chi connectivity index (χ4v) is 5.86. The minimum atomic E-state index is -0.0897. The van der Waals surface area contributed by atoms with Crippen LogP contribution in [0.25, 0.3) is 0 Å². The van der Waals surface area contributed by atoms with Gasteiger partial charge >= 0.3 is 0 Å². The summed E-state index contributed by atoms with van der Waals surface area (Å²) in [5.41, 5.74) is 4.15. The van der Waals surface area contributed by atoms with E-state index >= 15 is 0 Å². The van der Waals surface area contributed by atoms with E-state index in [9.17, 15) is 9.59 Å². The molecule has 0 aliphatic carbocycles. The highest BCUT2D eigenvalue weighted by Crippen LogP contribution is 2.28. The molecule has 0 unspecified atom stereocenters. The molecular formula is C36H43N5O3. The number of benzene rings is 3. The summed E-state index contributed by atoms with van der Waals surface area (Å²) in [7, 11) is 0. The van der Waals surface area contributed by atoms with Gasteiger partial charge in [-0.25, -0.2) is 0 Å². The molecule has 0 bridgehead atoms. The Labute approximate surface area is 260 Å². The standard InChI is InChI=1S/C36H43N5O3/c1-30-13-8-16-32-28-39(34(42)19-9-24-40-25-10-20-37-40)23-11-21-38(27-31-14-4-2-5-15-31)22-12-26-41(36(30)32)35(43)29-44-33-17-6-3-7-18-33/h2-8,10,13-18,20,25H,9,11-12,19,21-24,26-29H2,1H3. The van der Waals surface area contributed by atoms with Crippen LogP contribution in [-0.2, 0) is 29.2 Å². The third-order valence-electron chi connectivity index (χ3n) is 8.06. The van der Waals surface area contributed by atoms with Gasteiger partial charge in [0.2, 0.25) is 5.91 Å². The average Bonchev–Trinajstić information content (AvgIpc) is 3.56. The number of carbonyl (C=O) groups is 2. The van der Waals surface area contributed by atoms with Crippen molar-refractivity contribution < 1.29 is 14.3 Å². The van der Waals surface area contributed by atoms with Crippen molar-refractivity contribution in [2.45, 2.75) is 52.2 Å². The number of nitrogens with zero attached hydrogens (tertiary/aromatic N) is 5. The summed E-state index contributed by atoms with van der Waals surface area (Å²) >= 11 is 0. The molecular weight excluding hydrogens is 550 g/mol. The van der Waals surface area contributed by atoms with Crippen LogP contribution in [0, 0.1) is 6.92 Å². The normalized spacial score (nSPS) is 14.8. The number of ether oxygens (including phenoxy) is 1. The molecule has 3 aromatic carbocycles. The Morgan fingerprint density at radius 3 is 2.32 bits per heavy atom. The highest BCUT2D eigenvalue weighted by molar-refractivity contribution is 5.96. The van der Waals surface area contributed by atoms with Crippen molar-refractivity contribution in [1.82, 2.24) is 19.6 Å². The lowest BCUT2D eigenvalue weighted by Crippen LogP contribution is -2.40. The van der Waals surface area contributed by atoms with Crippen LogP contribution in [-0.4, -0.2) is 64.2 Å². The van der Waals surface area contributed by atoms with Gasteiger partial charge in [0.05, 0.1) is 5.69 Å². The number of amides is 2. The summed E-state index contributed by atoms with van der Waals surface area (Å²) < 4.78 is 7.78. The van der Waals surface area contributed by atoms with E-state index in [0.29, 0.717) is 38.3 Å². The van der Waals surface area contributed by atoms with Crippen molar-refractivity contribution in [3.63, 3.8) is 0 Å². The van der Waals surface area contributed by atoms with Crippen molar-refractivity contribution in [1.29, 1.82) is 0 Å². The Morgan fingerprint density at radius 2 is 1.57 bits per heavy atom. The van der Waals surface area contributed by atoms with Crippen LogP contribution in [0.15, 0.2) is 97.3 Å². The van der Waals surface area contributed by atoms with Gasteiger partial charge in [-0.3, -0.25) is 19.2 Å². The molecule has 44 heavy (non-hydrogen) atoms. The van der Waals surface area contributed by atoms with Gasteiger partial charge in [0.1, 0.15) is 5.75 Å². The molecule has 2 heterocycles. The Bertz CT molecular complexity index is 1460. The minimum absolute atomic E-state index is 0.0540. The number of rotatable bonds is 9. The van der Waals surface area contributed by atoms with Gasteiger partial charge in [-0.1, -0.05) is 66.7 Å². The first kappa shape index (κ1) is 31.0. The molecule has 0 atom stereocenters. The summed E-state index contributed by atoms with van der Waals surface area (Å²) in [6.45, 7) is 6.93. The highest BCUT2D eigenvalue weighted by Gasteiger charge is 2.25. The van der Waals surface area contributed by atoms with E-state index in [1.807, 2.05) is 82.2 Å². The molecule has 1 aromatic heterocycles. The lowest BCUT2D eigenvalue weighted by atomic mass is 10.0. The lowest BCUT2D eigenvalue weighted by molar-refractivity contribution is -0.132. The first-order valence-electron chi connectivity index (χ1n) is 15.6. The smallest absolute Gasteiger partial charge is 0.264 e. The van der Waals surface area contributed by atoms with Crippen LogP contribution in [0.2, 0.25) is 0 Å². The first-order valence-corrected chi connectivity index (χ1v) is 15.6. The van der Waals surface area contributed by atoms with E-state index in [1.165, 1.54) is 5.56 Å². The fourth-order valence-electron chi connectivity index (χ4n) is 5.86. The zero-order valence-corrected chi connectivity index (χ0v) is 25.7. The fraction of sp³-hybridized carbons (Fsp3) is 0.361. The van der Waals surface area contributed by atoms with Crippen LogP contribution < -0.4 is 9.64 Å².